The second-order valence-electron chi connectivity index (χ2n) is 7.21. The lowest BCUT2D eigenvalue weighted by Gasteiger charge is -2.44. The highest BCUT2D eigenvalue weighted by Gasteiger charge is 2.37. The zero-order valence-corrected chi connectivity index (χ0v) is 18.2. The predicted molar refractivity (Wildman–Crippen MR) is 132 cm³/mol. The molecule has 0 saturated carbocycles. The predicted octanol–water partition coefficient (Wildman–Crippen LogP) is 7.38. The van der Waals surface area contributed by atoms with Crippen molar-refractivity contribution in [3.8, 4) is 0 Å². The first-order valence-corrected chi connectivity index (χ1v) is 11.5. The Labute approximate surface area is 183 Å². The van der Waals surface area contributed by atoms with Crippen molar-refractivity contribution in [3.63, 3.8) is 0 Å². The van der Waals surface area contributed by atoms with Crippen LogP contribution >= 0.6 is 11.8 Å². The fourth-order valence-electron chi connectivity index (χ4n) is 3.71. The maximum Gasteiger partial charge on any atom is 0.112 e. The number of para-hydroxylation sites is 1. The van der Waals surface area contributed by atoms with Crippen LogP contribution in [0.2, 0.25) is 0 Å². The van der Waals surface area contributed by atoms with Gasteiger partial charge in [0, 0.05) is 17.0 Å². The molecule has 1 unspecified atom stereocenters. The Morgan fingerprint density at radius 1 is 0.933 bits per heavy atom. The monoisotopic (exact) mass is 410 g/mol. The van der Waals surface area contributed by atoms with E-state index in [1.807, 2.05) is 18.2 Å². The number of rotatable bonds is 6. The van der Waals surface area contributed by atoms with Crippen molar-refractivity contribution in [2.24, 2.45) is 4.99 Å². The summed E-state index contributed by atoms with van der Waals surface area (Å²) >= 11 is 1.76. The minimum atomic E-state index is 0.268. The zero-order chi connectivity index (χ0) is 20.8. The van der Waals surface area contributed by atoms with Crippen LogP contribution in [0.5, 0.6) is 0 Å². The van der Waals surface area contributed by atoms with Crippen LogP contribution in [0.15, 0.2) is 113 Å². The van der Waals surface area contributed by atoms with Crippen LogP contribution in [0.4, 0.5) is 11.4 Å². The molecular weight excluding hydrogens is 384 g/mol. The third kappa shape index (κ3) is 4.58. The molecular formula is C27H26N2S. The van der Waals surface area contributed by atoms with E-state index in [9.17, 15) is 0 Å². The van der Waals surface area contributed by atoms with Gasteiger partial charge >= 0.3 is 0 Å². The molecule has 30 heavy (non-hydrogen) atoms. The van der Waals surface area contributed by atoms with Crippen molar-refractivity contribution in [2.45, 2.75) is 24.3 Å². The smallest absolute Gasteiger partial charge is 0.112 e. The average molecular weight is 411 g/mol. The van der Waals surface area contributed by atoms with Crippen LogP contribution in [0.25, 0.3) is 6.08 Å². The van der Waals surface area contributed by atoms with Gasteiger partial charge in [-0.2, -0.15) is 0 Å². The molecule has 1 atom stereocenters. The number of aliphatic imine (C=N–C) groups is 1. The van der Waals surface area contributed by atoms with E-state index in [1.165, 1.54) is 21.7 Å². The van der Waals surface area contributed by atoms with Gasteiger partial charge in [0.1, 0.15) is 5.84 Å². The minimum Gasteiger partial charge on any atom is -0.322 e. The van der Waals surface area contributed by atoms with Gasteiger partial charge < -0.3 is 4.90 Å². The molecule has 150 valence electrons. The lowest BCUT2D eigenvalue weighted by Crippen LogP contribution is -2.53. The summed E-state index contributed by atoms with van der Waals surface area (Å²) in [6.45, 7) is 2.08. The second-order valence-corrected chi connectivity index (χ2v) is 8.09. The Morgan fingerprint density at radius 2 is 1.60 bits per heavy atom. The van der Waals surface area contributed by atoms with Gasteiger partial charge in [-0.3, -0.25) is 0 Å². The standard InChI is InChI=1S/C27H26N2S/c1-3-10-22(19-21-11-6-4-7-12-21)26-20-27(28-23-13-8-5-9-14-23)29(26)24-15-17-25(30-2)18-16-24/h3-19,26H,20H2,1-2H3/b10-3-,22-19+,28-27?. The summed E-state index contributed by atoms with van der Waals surface area (Å²) in [6.07, 6.45) is 9.65. The summed E-state index contributed by atoms with van der Waals surface area (Å²) in [4.78, 5) is 8.59. The van der Waals surface area contributed by atoms with Crippen molar-refractivity contribution in [1.82, 2.24) is 0 Å². The molecule has 3 heteroatoms. The van der Waals surface area contributed by atoms with Gasteiger partial charge in [0.25, 0.3) is 0 Å². The van der Waals surface area contributed by atoms with Crippen LogP contribution in [0.3, 0.4) is 0 Å². The van der Waals surface area contributed by atoms with Gasteiger partial charge in [-0.1, -0.05) is 60.7 Å². The topological polar surface area (TPSA) is 15.6 Å². The molecule has 4 rings (SSSR count). The summed E-state index contributed by atoms with van der Waals surface area (Å²) in [5.74, 6) is 1.10. The third-order valence-corrected chi connectivity index (χ3v) is 5.95. The van der Waals surface area contributed by atoms with Gasteiger partial charge in [-0.05, 0) is 66.8 Å². The fraction of sp³-hybridized carbons (Fsp3) is 0.148. The van der Waals surface area contributed by atoms with E-state index in [1.54, 1.807) is 11.8 Å². The largest absolute Gasteiger partial charge is 0.322 e. The summed E-state index contributed by atoms with van der Waals surface area (Å²) in [5, 5.41) is 0. The molecule has 1 aliphatic rings. The second kappa shape index (κ2) is 9.64. The molecule has 0 radical (unpaired) electrons. The molecule has 1 aliphatic heterocycles. The van der Waals surface area contributed by atoms with Crippen LogP contribution in [0, 0.1) is 0 Å². The van der Waals surface area contributed by atoms with Crippen molar-refractivity contribution < 1.29 is 0 Å². The lowest BCUT2D eigenvalue weighted by molar-refractivity contribution is 0.709. The van der Waals surface area contributed by atoms with Crippen molar-refractivity contribution in [1.29, 1.82) is 0 Å². The number of thioether (sulfide) groups is 1. The van der Waals surface area contributed by atoms with Gasteiger partial charge in [0.2, 0.25) is 0 Å². The van der Waals surface area contributed by atoms with Gasteiger partial charge in [0.05, 0.1) is 11.7 Å². The van der Waals surface area contributed by atoms with Crippen molar-refractivity contribution >= 4 is 35.0 Å². The normalized spacial score (nSPS) is 18.1. The Bertz CT molecular complexity index is 1050. The molecule has 0 bridgehead atoms. The zero-order valence-electron chi connectivity index (χ0n) is 17.4. The molecule has 1 saturated heterocycles. The van der Waals surface area contributed by atoms with E-state index >= 15 is 0 Å². The number of anilines is 1. The Hall–Kier alpha value is -3.04. The van der Waals surface area contributed by atoms with Crippen molar-refractivity contribution in [2.75, 3.05) is 11.2 Å². The molecule has 1 heterocycles. The number of allylic oxidation sites excluding steroid dienone is 1. The average Bonchev–Trinajstić information content (AvgIpc) is 2.78. The minimum absolute atomic E-state index is 0.268. The molecule has 0 N–H and O–H groups in total. The van der Waals surface area contributed by atoms with Gasteiger partial charge in [-0.15, -0.1) is 11.8 Å². The summed E-state index contributed by atoms with van der Waals surface area (Å²) in [5.41, 5.74) is 4.69. The quantitative estimate of drug-likeness (QED) is 0.311. The fourth-order valence-corrected chi connectivity index (χ4v) is 4.12. The van der Waals surface area contributed by atoms with E-state index in [4.69, 9.17) is 4.99 Å². The molecule has 3 aromatic carbocycles. The van der Waals surface area contributed by atoms with Crippen LogP contribution in [0.1, 0.15) is 18.9 Å². The maximum atomic E-state index is 4.95. The number of amidine groups is 1. The van der Waals surface area contributed by atoms with Crippen LogP contribution in [-0.2, 0) is 0 Å². The Balaban J connectivity index is 1.72. The first kappa shape index (κ1) is 20.2. The first-order chi connectivity index (χ1) is 14.8. The van der Waals surface area contributed by atoms with E-state index in [0.29, 0.717) is 0 Å². The first-order valence-electron chi connectivity index (χ1n) is 10.2. The van der Waals surface area contributed by atoms with Crippen molar-refractivity contribution in [3.05, 3.63) is 108 Å². The summed E-state index contributed by atoms with van der Waals surface area (Å²) < 4.78 is 0. The summed E-state index contributed by atoms with van der Waals surface area (Å²) in [6, 6.07) is 29.8. The van der Waals surface area contributed by atoms with E-state index < -0.39 is 0 Å². The molecule has 0 spiro atoms. The third-order valence-electron chi connectivity index (χ3n) is 5.21. The maximum absolute atomic E-state index is 4.95. The van der Waals surface area contributed by atoms with Gasteiger partial charge in [-0.25, -0.2) is 4.99 Å². The lowest BCUT2D eigenvalue weighted by atomic mass is 9.90. The Kier molecular flexibility index (Phi) is 6.50. The highest BCUT2D eigenvalue weighted by Crippen LogP contribution is 2.36. The van der Waals surface area contributed by atoms with E-state index in [2.05, 4.69) is 103 Å². The molecule has 3 aromatic rings. The number of hydrogen-bond donors (Lipinski definition) is 0. The highest BCUT2D eigenvalue weighted by atomic mass is 32.2. The molecule has 1 fully saturated rings. The Morgan fingerprint density at radius 3 is 2.23 bits per heavy atom. The number of nitrogens with zero attached hydrogens (tertiary/aromatic N) is 2. The SMILES string of the molecule is C/C=C\C(=C/c1ccccc1)C1CC(=Nc2ccccc2)N1c1ccc(SC)cc1. The highest BCUT2D eigenvalue weighted by molar-refractivity contribution is 7.98. The number of benzene rings is 3. The summed E-state index contributed by atoms with van der Waals surface area (Å²) in [7, 11) is 0. The molecule has 0 aliphatic carbocycles. The molecule has 0 amide bonds. The number of hydrogen-bond acceptors (Lipinski definition) is 2. The van der Waals surface area contributed by atoms with Crippen LogP contribution in [-0.4, -0.2) is 18.1 Å². The molecule has 0 aromatic heterocycles. The van der Waals surface area contributed by atoms with E-state index in [0.717, 1.165) is 17.9 Å². The van der Waals surface area contributed by atoms with Gasteiger partial charge in [0.15, 0.2) is 0 Å². The van der Waals surface area contributed by atoms with Crippen LogP contribution < -0.4 is 4.90 Å². The molecule has 2 nitrogen and oxygen atoms in total. The van der Waals surface area contributed by atoms with E-state index in [-0.39, 0.29) is 6.04 Å².